The van der Waals surface area contributed by atoms with Crippen LogP contribution >= 0.6 is 10.8 Å². The molecule has 2 rings (SSSR count). The summed E-state index contributed by atoms with van der Waals surface area (Å²) in [5.74, 6) is 1.43. The topological polar surface area (TPSA) is 80.7 Å². The van der Waals surface area contributed by atoms with Gasteiger partial charge in [0.05, 0.1) is 6.10 Å². The average molecular weight is 513 g/mol. The lowest BCUT2D eigenvalue weighted by atomic mass is 9.87. The molecule has 1 aromatic rings. The SMILES string of the molecule is C.CS(=O)(=O)SCCOC(=O)CCC/C=C/C[C@H]1CCCC1CC[C@@H](O)CCc1ccccc1. The van der Waals surface area contributed by atoms with E-state index in [4.69, 9.17) is 4.74 Å². The number of hydrogen-bond acceptors (Lipinski definition) is 6. The minimum atomic E-state index is -3.08. The molecule has 1 aliphatic rings. The van der Waals surface area contributed by atoms with Gasteiger partial charge in [0.25, 0.3) is 0 Å². The number of aliphatic hydroxyl groups is 1. The maximum atomic E-state index is 11.7. The van der Waals surface area contributed by atoms with E-state index in [2.05, 4.69) is 24.3 Å². The Kier molecular flexibility index (Phi) is 15.5. The highest BCUT2D eigenvalue weighted by molar-refractivity contribution is 8.71. The average Bonchev–Trinajstić information content (AvgIpc) is 3.23. The largest absolute Gasteiger partial charge is 0.465 e. The summed E-state index contributed by atoms with van der Waals surface area (Å²) < 4.78 is 27.1. The Bertz CT molecular complexity index is 808. The molecule has 0 radical (unpaired) electrons. The molecule has 194 valence electrons. The monoisotopic (exact) mass is 512 g/mol. The lowest BCUT2D eigenvalue weighted by Gasteiger charge is -2.20. The summed E-state index contributed by atoms with van der Waals surface area (Å²) in [5.41, 5.74) is 1.29. The second-order valence-electron chi connectivity index (χ2n) is 9.05. The fourth-order valence-electron chi connectivity index (χ4n) is 4.50. The highest BCUT2D eigenvalue weighted by Crippen LogP contribution is 2.37. The molecule has 3 atom stereocenters. The van der Waals surface area contributed by atoms with E-state index in [-0.39, 0.29) is 31.9 Å². The van der Waals surface area contributed by atoms with Crippen molar-refractivity contribution >= 4 is 25.6 Å². The molecule has 34 heavy (non-hydrogen) atoms. The number of carbonyl (C=O) groups excluding carboxylic acids is 1. The number of esters is 1. The fourth-order valence-corrected chi connectivity index (χ4v) is 6.07. The van der Waals surface area contributed by atoms with E-state index in [1.165, 1.54) is 24.8 Å². The van der Waals surface area contributed by atoms with Crippen molar-refractivity contribution < 1.29 is 23.1 Å². The molecule has 1 fully saturated rings. The van der Waals surface area contributed by atoms with E-state index in [9.17, 15) is 18.3 Å². The van der Waals surface area contributed by atoms with Gasteiger partial charge in [-0.25, -0.2) is 8.42 Å². The molecule has 1 aliphatic carbocycles. The Labute approximate surface area is 211 Å². The predicted molar refractivity (Wildman–Crippen MR) is 143 cm³/mol. The summed E-state index contributed by atoms with van der Waals surface area (Å²) in [6.07, 6.45) is 16.0. The quantitative estimate of drug-likeness (QED) is 0.124. The highest BCUT2D eigenvalue weighted by Gasteiger charge is 2.26. The van der Waals surface area contributed by atoms with Crippen LogP contribution in [0.25, 0.3) is 0 Å². The lowest BCUT2D eigenvalue weighted by Crippen LogP contribution is -2.13. The second-order valence-corrected chi connectivity index (χ2v) is 13.6. The van der Waals surface area contributed by atoms with Gasteiger partial charge in [0.2, 0.25) is 0 Å². The van der Waals surface area contributed by atoms with Gasteiger partial charge in [0.15, 0.2) is 8.87 Å². The molecule has 1 N–H and O–H groups in total. The molecule has 0 heterocycles. The van der Waals surface area contributed by atoms with E-state index in [0.29, 0.717) is 18.3 Å². The van der Waals surface area contributed by atoms with Gasteiger partial charge in [0.1, 0.15) is 6.61 Å². The van der Waals surface area contributed by atoms with Gasteiger partial charge in [-0.15, -0.1) is 0 Å². The zero-order valence-electron chi connectivity index (χ0n) is 19.9. The smallest absolute Gasteiger partial charge is 0.305 e. The number of hydrogen-bond donors (Lipinski definition) is 1. The van der Waals surface area contributed by atoms with Crippen LogP contribution in [0.2, 0.25) is 0 Å². The Morgan fingerprint density at radius 2 is 1.91 bits per heavy atom. The molecule has 0 amide bonds. The molecule has 1 unspecified atom stereocenters. The van der Waals surface area contributed by atoms with Gasteiger partial charge in [-0.3, -0.25) is 4.79 Å². The van der Waals surface area contributed by atoms with E-state index >= 15 is 0 Å². The molecular weight excluding hydrogens is 468 g/mol. The van der Waals surface area contributed by atoms with Crippen molar-refractivity contribution in [1.29, 1.82) is 0 Å². The third kappa shape index (κ3) is 14.2. The Hall–Kier alpha value is -1.31. The minimum absolute atomic E-state index is 0. The molecule has 0 bridgehead atoms. The zero-order chi connectivity index (χ0) is 23.9. The summed E-state index contributed by atoms with van der Waals surface area (Å²) in [5, 5.41) is 10.4. The van der Waals surface area contributed by atoms with Crippen molar-refractivity contribution in [3.8, 4) is 0 Å². The third-order valence-electron chi connectivity index (χ3n) is 6.30. The number of carbonyl (C=O) groups is 1. The standard InChI is InChI=1S/C26H40O5S2.CH4/c1-33(29,30)32-21-20-31-26(28)15-8-3-2-7-12-23-13-9-14-24(23)17-19-25(27)18-16-22-10-5-4-6-11-22;/h2,4-7,10-11,23-25,27H,3,8-9,12-21H2,1H3;1H4/b7-2+;/t23-,24?,25-;/m0./s1. The van der Waals surface area contributed by atoms with Crippen LogP contribution in [0.15, 0.2) is 42.5 Å². The number of unbranched alkanes of at least 4 members (excludes halogenated alkanes) is 1. The van der Waals surface area contributed by atoms with Crippen molar-refractivity contribution in [3.05, 3.63) is 48.0 Å². The normalized spacial score (nSPS) is 19.1. The minimum Gasteiger partial charge on any atom is -0.465 e. The highest BCUT2D eigenvalue weighted by atomic mass is 33.1. The zero-order valence-corrected chi connectivity index (χ0v) is 21.5. The van der Waals surface area contributed by atoms with Crippen molar-refractivity contribution in [2.75, 3.05) is 18.6 Å². The fraction of sp³-hybridized carbons (Fsp3) is 0.667. The number of benzene rings is 1. The Balaban J connectivity index is 0.00000578. The van der Waals surface area contributed by atoms with Gasteiger partial charge in [-0.05, 0) is 79.6 Å². The number of allylic oxidation sites excluding steroid dienone is 2. The lowest BCUT2D eigenvalue weighted by molar-refractivity contribution is -0.143. The second kappa shape index (κ2) is 17.2. The van der Waals surface area contributed by atoms with Crippen molar-refractivity contribution in [3.63, 3.8) is 0 Å². The van der Waals surface area contributed by atoms with Crippen LogP contribution in [-0.2, 0) is 24.8 Å². The van der Waals surface area contributed by atoms with Gasteiger partial charge in [-0.1, -0.05) is 62.8 Å². The van der Waals surface area contributed by atoms with Crippen molar-refractivity contribution in [2.24, 2.45) is 11.8 Å². The molecule has 0 aromatic heterocycles. The molecule has 1 saturated carbocycles. The molecule has 5 nitrogen and oxygen atoms in total. The summed E-state index contributed by atoms with van der Waals surface area (Å²) in [4.78, 5) is 11.7. The van der Waals surface area contributed by atoms with Crippen LogP contribution in [0.5, 0.6) is 0 Å². The van der Waals surface area contributed by atoms with Gasteiger partial charge in [-0.2, -0.15) is 0 Å². The van der Waals surface area contributed by atoms with Crippen LogP contribution < -0.4 is 0 Å². The van der Waals surface area contributed by atoms with Crippen LogP contribution in [0.4, 0.5) is 0 Å². The first-order chi connectivity index (χ1) is 15.8. The maximum absolute atomic E-state index is 11.7. The molecule has 0 aliphatic heterocycles. The maximum Gasteiger partial charge on any atom is 0.305 e. The van der Waals surface area contributed by atoms with E-state index in [1.54, 1.807) is 0 Å². The first-order valence-corrected chi connectivity index (χ1v) is 15.6. The number of ether oxygens (including phenoxy) is 1. The van der Waals surface area contributed by atoms with Crippen LogP contribution in [0.3, 0.4) is 0 Å². The number of aliphatic hydroxyl groups excluding tert-OH is 1. The predicted octanol–water partition coefficient (Wildman–Crippen LogP) is 6.17. The summed E-state index contributed by atoms with van der Waals surface area (Å²) in [6, 6.07) is 10.4. The number of aryl methyl sites for hydroxylation is 1. The van der Waals surface area contributed by atoms with Gasteiger partial charge < -0.3 is 9.84 Å². The van der Waals surface area contributed by atoms with Crippen molar-refractivity contribution in [2.45, 2.75) is 84.2 Å². The third-order valence-corrected chi connectivity index (χ3v) is 8.84. The van der Waals surface area contributed by atoms with Crippen LogP contribution in [-0.4, -0.2) is 44.2 Å². The van der Waals surface area contributed by atoms with Gasteiger partial charge >= 0.3 is 5.97 Å². The van der Waals surface area contributed by atoms with Crippen molar-refractivity contribution in [1.82, 2.24) is 0 Å². The Morgan fingerprint density at radius 3 is 2.65 bits per heavy atom. The molecule has 1 aromatic carbocycles. The number of rotatable bonds is 16. The summed E-state index contributed by atoms with van der Waals surface area (Å²) in [6.45, 7) is 0.135. The Morgan fingerprint density at radius 1 is 1.18 bits per heavy atom. The van der Waals surface area contributed by atoms with Crippen LogP contribution in [0, 0.1) is 11.8 Å². The summed E-state index contributed by atoms with van der Waals surface area (Å²) in [7, 11) is -2.28. The van der Waals surface area contributed by atoms with E-state index < -0.39 is 8.87 Å². The summed E-state index contributed by atoms with van der Waals surface area (Å²) >= 11 is 0. The van der Waals surface area contributed by atoms with E-state index in [1.807, 2.05) is 18.2 Å². The molecule has 7 heteroatoms. The molecule has 0 spiro atoms. The first-order valence-electron chi connectivity index (χ1n) is 12.2. The van der Waals surface area contributed by atoms with Crippen LogP contribution in [0.1, 0.15) is 77.2 Å². The first kappa shape index (κ1) is 30.7. The molecular formula is C27H44O5S2. The van der Waals surface area contributed by atoms with Gasteiger partial charge in [0, 0.05) is 18.4 Å². The molecule has 0 saturated heterocycles. The van der Waals surface area contributed by atoms with E-state index in [0.717, 1.165) is 62.0 Å².